The predicted octanol–water partition coefficient (Wildman–Crippen LogP) is 5.88. The molecule has 0 bridgehead atoms. The molecule has 0 aliphatic rings. The molecule has 0 fully saturated rings. The number of hydrogen-bond donors (Lipinski definition) is 2. The fourth-order valence-electron chi connectivity index (χ4n) is 2.89. The molecule has 0 spiro atoms. The van der Waals surface area contributed by atoms with Crippen molar-refractivity contribution in [1.29, 1.82) is 5.26 Å². The number of benzene rings is 2. The van der Waals surface area contributed by atoms with E-state index in [1.165, 1.54) is 18.2 Å². The lowest BCUT2D eigenvalue weighted by Crippen LogP contribution is -2.27. The Morgan fingerprint density at radius 3 is 2.55 bits per heavy atom. The van der Waals surface area contributed by atoms with Crippen molar-refractivity contribution >= 4 is 23.9 Å². The number of nitrogens with one attached hydrogen (secondary N) is 2. The van der Waals surface area contributed by atoms with E-state index in [2.05, 4.69) is 20.7 Å². The van der Waals surface area contributed by atoms with Crippen molar-refractivity contribution in [2.24, 2.45) is 0 Å². The largest absolute Gasteiger partial charge is 0.444 e. The van der Waals surface area contributed by atoms with Gasteiger partial charge >= 0.3 is 12.3 Å². The third-order valence-corrected chi connectivity index (χ3v) is 4.28. The molecular formula is C23H20F3N5O2. The summed E-state index contributed by atoms with van der Waals surface area (Å²) in [4.78, 5) is 12.3. The van der Waals surface area contributed by atoms with E-state index < -0.39 is 23.4 Å². The first-order valence-electron chi connectivity index (χ1n) is 9.77. The Balaban J connectivity index is 2.00. The van der Waals surface area contributed by atoms with Gasteiger partial charge in [-0.2, -0.15) is 28.7 Å². The average molecular weight is 455 g/mol. The van der Waals surface area contributed by atoms with E-state index in [0.717, 1.165) is 12.1 Å². The number of halogens is 3. The van der Waals surface area contributed by atoms with Crippen LogP contribution in [0.1, 0.15) is 43.2 Å². The highest BCUT2D eigenvalue weighted by molar-refractivity contribution is 5.91. The minimum Gasteiger partial charge on any atom is -0.444 e. The number of alkyl halides is 3. The van der Waals surface area contributed by atoms with E-state index in [4.69, 9.17) is 4.74 Å². The number of rotatable bonds is 4. The first-order valence-corrected chi connectivity index (χ1v) is 9.77. The number of aromatic amines is 1. The summed E-state index contributed by atoms with van der Waals surface area (Å²) in [6, 6.07) is 11.6. The van der Waals surface area contributed by atoms with Crippen LogP contribution in [0.25, 0.3) is 23.4 Å². The summed E-state index contributed by atoms with van der Waals surface area (Å²) < 4.78 is 44.4. The molecule has 0 aliphatic carbocycles. The molecule has 0 atom stereocenters. The summed E-state index contributed by atoms with van der Waals surface area (Å²) in [5, 5.41) is 22.0. The van der Waals surface area contributed by atoms with Gasteiger partial charge in [0.2, 0.25) is 0 Å². The lowest BCUT2D eigenvalue weighted by molar-refractivity contribution is -0.137. The molecule has 0 unspecified atom stereocenters. The predicted molar refractivity (Wildman–Crippen MR) is 117 cm³/mol. The summed E-state index contributed by atoms with van der Waals surface area (Å²) in [5.41, 5.74) is 0.551. The zero-order valence-electron chi connectivity index (χ0n) is 18.0. The van der Waals surface area contributed by atoms with Gasteiger partial charge in [0.25, 0.3) is 0 Å². The number of H-pyrrole nitrogens is 1. The minimum absolute atomic E-state index is 0.0793. The molecule has 0 radical (unpaired) electrons. The Kier molecular flexibility index (Phi) is 6.53. The van der Waals surface area contributed by atoms with Crippen molar-refractivity contribution < 1.29 is 22.7 Å². The summed E-state index contributed by atoms with van der Waals surface area (Å²) in [5.74, 6) is 0. The fraction of sp³-hybridized carbons (Fsp3) is 0.217. The summed E-state index contributed by atoms with van der Waals surface area (Å²) >= 11 is 0. The molecule has 3 rings (SSSR count). The first kappa shape index (κ1) is 23.5. The Bertz CT molecular complexity index is 1230. The molecule has 170 valence electrons. The normalized spacial score (nSPS) is 11.9. The van der Waals surface area contributed by atoms with Gasteiger partial charge in [0.1, 0.15) is 17.4 Å². The van der Waals surface area contributed by atoms with Crippen LogP contribution in [0.3, 0.4) is 0 Å². The van der Waals surface area contributed by atoms with Crippen LogP contribution >= 0.6 is 0 Å². The van der Waals surface area contributed by atoms with Gasteiger partial charge in [-0.25, -0.2) is 4.79 Å². The highest BCUT2D eigenvalue weighted by Gasteiger charge is 2.30. The molecule has 33 heavy (non-hydrogen) atoms. The van der Waals surface area contributed by atoms with Gasteiger partial charge in [-0.05, 0) is 56.2 Å². The maximum Gasteiger partial charge on any atom is 0.416 e. The number of anilines is 1. The van der Waals surface area contributed by atoms with Crippen molar-refractivity contribution in [2.75, 3.05) is 5.32 Å². The van der Waals surface area contributed by atoms with Gasteiger partial charge in [0, 0.05) is 5.56 Å². The van der Waals surface area contributed by atoms with Gasteiger partial charge in [-0.3, -0.25) is 5.32 Å². The molecule has 2 N–H and O–H groups in total. The topological polar surface area (TPSA) is 104 Å². The number of amides is 1. The lowest BCUT2D eigenvalue weighted by Gasteiger charge is -2.20. The van der Waals surface area contributed by atoms with Crippen LogP contribution in [-0.4, -0.2) is 27.1 Å². The number of ether oxygens (including phenoxy) is 1. The van der Waals surface area contributed by atoms with Crippen LogP contribution in [0.15, 0.2) is 42.5 Å². The van der Waals surface area contributed by atoms with E-state index in [9.17, 15) is 23.2 Å². The van der Waals surface area contributed by atoms with E-state index in [-0.39, 0.29) is 5.69 Å². The van der Waals surface area contributed by atoms with Crippen molar-refractivity contribution in [3.63, 3.8) is 0 Å². The Hall–Kier alpha value is -4.13. The van der Waals surface area contributed by atoms with Gasteiger partial charge in [0.05, 0.1) is 11.3 Å². The lowest BCUT2D eigenvalue weighted by atomic mass is 10.0. The third kappa shape index (κ3) is 6.20. The van der Waals surface area contributed by atoms with Crippen LogP contribution in [0.5, 0.6) is 0 Å². The molecule has 7 nitrogen and oxygen atoms in total. The maximum absolute atomic E-state index is 13.0. The van der Waals surface area contributed by atoms with Crippen LogP contribution < -0.4 is 5.32 Å². The van der Waals surface area contributed by atoms with Crippen LogP contribution in [0, 0.1) is 11.3 Å². The monoisotopic (exact) mass is 455 g/mol. The van der Waals surface area contributed by atoms with Gasteiger partial charge in [-0.15, -0.1) is 5.10 Å². The Labute approximate surface area is 187 Å². The first-order chi connectivity index (χ1) is 15.5. The second-order valence-corrected chi connectivity index (χ2v) is 8.02. The summed E-state index contributed by atoms with van der Waals surface area (Å²) in [6.45, 7) is 5.16. The third-order valence-electron chi connectivity index (χ3n) is 4.28. The van der Waals surface area contributed by atoms with E-state index in [1.807, 2.05) is 6.07 Å². The molecule has 1 aromatic heterocycles. The second-order valence-electron chi connectivity index (χ2n) is 8.02. The number of aromatic nitrogens is 3. The molecule has 1 amide bonds. The number of hydrogen-bond acceptors (Lipinski definition) is 5. The van der Waals surface area contributed by atoms with Crippen molar-refractivity contribution in [3.05, 3.63) is 64.8 Å². The van der Waals surface area contributed by atoms with Crippen LogP contribution in [-0.2, 0) is 10.9 Å². The molecule has 2 aromatic carbocycles. The zero-order valence-corrected chi connectivity index (χ0v) is 18.0. The number of nitrogens with zero attached hydrogens (tertiary/aromatic N) is 3. The Morgan fingerprint density at radius 2 is 1.88 bits per heavy atom. The van der Waals surface area contributed by atoms with Gasteiger partial charge < -0.3 is 4.74 Å². The zero-order chi connectivity index (χ0) is 24.2. The molecule has 0 saturated carbocycles. The highest BCUT2D eigenvalue weighted by atomic mass is 19.4. The number of nitriles is 1. The highest BCUT2D eigenvalue weighted by Crippen LogP contribution is 2.31. The maximum atomic E-state index is 13.0. The van der Waals surface area contributed by atoms with Gasteiger partial charge in [-0.1, -0.05) is 30.4 Å². The second kappa shape index (κ2) is 9.16. The smallest absolute Gasteiger partial charge is 0.416 e. The Morgan fingerprint density at radius 1 is 1.12 bits per heavy atom. The standard InChI is InChI=1S/C23H20F3N5O2/c1-22(2,3)33-21(32)28-18-10-9-16(20-19(13-27)29-31-30-20)12-15(18)8-7-14-5-4-6-17(11-14)23(24,25)26/h4-12H,1-3H3,(H,28,32)(H,29,30,31)/b8-7+. The van der Waals surface area contributed by atoms with Crippen molar-refractivity contribution in [1.82, 2.24) is 15.4 Å². The van der Waals surface area contributed by atoms with E-state index in [1.54, 1.807) is 45.0 Å². The SMILES string of the molecule is CC(C)(C)OC(=O)Nc1ccc(-c2n[nH]nc2C#N)cc1/C=C/c1cccc(C(F)(F)F)c1. The molecule has 3 aromatic rings. The van der Waals surface area contributed by atoms with Crippen molar-refractivity contribution in [2.45, 2.75) is 32.5 Å². The summed E-state index contributed by atoms with van der Waals surface area (Å²) in [7, 11) is 0. The van der Waals surface area contributed by atoms with E-state index >= 15 is 0 Å². The number of carbonyl (C=O) groups excluding carboxylic acids is 1. The van der Waals surface area contributed by atoms with E-state index in [0.29, 0.717) is 28.1 Å². The average Bonchev–Trinajstić information content (AvgIpc) is 3.20. The quantitative estimate of drug-likeness (QED) is 0.478. The molecule has 10 heteroatoms. The fourth-order valence-corrected chi connectivity index (χ4v) is 2.89. The van der Waals surface area contributed by atoms with Crippen LogP contribution in [0.2, 0.25) is 0 Å². The summed E-state index contributed by atoms with van der Waals surface area (Å²) in [6.07, 6.45) is -2.11. The van der Waals surface area contributed by atoms with Crippen LogP contribution in [0.4, 0.5) is 23.7 Å². The molecule has 0 saturated heterocycles. The van der Waals surface area contributed by atoms with Crippen molar-refractivity contribution in [3.8, 4) is 17.3 Å². The number of carbonyl (C=O) groups is 1. The minimum atomic E-state index is -4.46. The molecule has 1 heterocycles. The molecular weight excluding hydrogens is 435 g/mol. The van der Waals surface area contributed by atoms with Gasteiger partial charge in [0.15, 0.2) is 5.69 Å². The molecule has 0 aliphatic heterocycles.